The lowest BCUT2D eigenvalue weighted by atomic mass is 10.1. The van der Waals surface area contributed by atoms with Crippen LogP contribution in [0.3, 0.4) is 0 Å². The van der Waals surface area contributed by atoms with Gasteiger partial charge in [-0.15, -0.1) is 0 Å². The zero-order chi connectivity index (χ0) is 20.7. The topological polar surface area (TPSA) is 109 Å². The number of nitrogens with one attached hydrogen (secondary N) is 1. The molecular formula is C18H19ClN2O7. The van der Waals surface area contributed by atoms with Gasteiger partial charge in [0.05, 0.1) is 26.3 Å². The van der Waals surface area contributed by atoms with E-state index in [1.54, 1.807) is 12.1 Å². The molecule has 2 rings (SSSR count). The first-order chi connectivity index (χ1) is 13.4. The molecule has 0 fully saturated rings. The number of rotatable bonds is 9. The van der Waals surface area contributed by atoms with E-state index in [2.05, 4.69) is 5.32 Å². The zero-order valence-electron chi connectivity index (χ0n) is 15.5. The Hall–Kier alpha value is -3.20. The summed E-state index contributed by atoms with van der Waals surface area (Å²) in [5.41, 5.74) is 0.394. The Morgan fingerprint density at radius 1 is 1.07 bits per heavy atom. The molecule has 0 aliphatic rings. The van der Waals surface area contributed by atoms with Crippen molar-refractivity contribution in [1.82, 2.24) is 5.32 Å². The minimum Gasteiger partial charge on any atom is -0.493 e. The minimum absolute atomic E-state index is 0.0441. The molecule has 0 atom stereocenters. The summed E-state index contributed by atoms with van der Waals surface area (Å²) in [6.45, 7) is -0.228. The van der Waals surface area contributed by atoms with Crippen LogP contribution in [0.1, 0.15) is 5.56 Å². The molecule has 0 bridgehead atoms. The van der Waals surface area contributed by atoms with Crippen molar-refractivity contribution < 1.29 is 28.7 Å². The highest BCUT2D eigenvalue weighted by molar-refractivity contribution is 6.30. The first-order valence-electron chi connectivity index (χ1n) is 8.02. The second-order valence-corrected chi connectivity index (χ2v) is 5.90. The van der Waals surface area contributed by atoms with Crippen LogP contribution in [0.25, 0.3) is 0 Å². The third-order valence-electron chi connectivity index (χ3n) is 3.69. The number of amides is 1. The van der Waals surface area contributed by atoms with Gasteiger partial charge in [-0.1, -0.05) is 11.6 Å². The number of nitrogens with zero attached hydrogens (tertiary/aromatic N) is 1. The Balaban J connectivity index is 2.01. The van der Waals surface area contributed by atoms with Gasteiger partial charge in [0.1, 0.15) is 0 Å². The molecule has 0 aliphatic carbocycles. The summed E-state index contributed by atoms with van der Waals surface area (Å²) >= 11 is 5.74. The Bertz CT molecular complexity index is 848. The van der Waals surface area contributed by atoms with Crippen molar-refractivity contribution in [3.05, 3.63) is 51.0 Å². The first-order valence-corrected chi connectivity index (χ1v) is 8.39. The summed E-state index contributed by atoms with van der Waals surface area (Å²) < 4.78 is 21.0. The molecule has 0 aromatic heterocycles. The molecule has 10 heteroatoms. The number of hydrogen-bond acceptors (Lipinski definition) is 7. The number of nitro groups is 1. The van der Waals surface area contributed by atoms with Gasteiger partial charge in [0.15, 0.2) is 23.9 Å². The second kappa shape index (κ2) is 9.65. The molecule has 0 heterocycles. The number of methoxy groups -OCH3 is 3. The van der Waals surface area contributed by atoms with Crippen LogP contribution < -0.4 is 24.3 Å². The SMILES string of the molecule is COc1cc(CNC(=O)COc2ccc(Cl)cc2[N+](=O)[O-])cc(OC)c1OC. The summed E-state index contributed by atoms with van der Waals surface area (Å²) in [7, 11) is 4.48. The van der Waals surface area contributed by atoms with Gasteiger partial charge in [0.2, 0.25) is 5.75 Å². The van der Waals surface area contributed by atoms with Crippen LogP contribution in [0.2, 0.25) is 5.02 Å². The molecule has 0 radical (unpaired) electrons. The van der Waals surface area contributed by atoms with E-state index >= 15 is 0 Å². The van der Waals surface area contributed by atoms with E-state index in [9.17, 15) is 14.9 Å². The van der Waals surface area contributed by atoms with Crippen molar-refractivity contribution in [2.75, 3.05) is 27.9 Å². The van der Waals surface area contributed by atoms with Gasteiger partial charge < -0.3 is 24.3 Å². The summed E-state index contributed by atoms with van der Waals surface area (Å²) in [6.07, 6.45) is 0. The van der Waals surface area contributed by atoms with E-state index in [1.165, 1.54) is 33.5 Å². The van der Waals surface area contributed by atoms with Crippen molar-refractivity contribution in [2.45, 2.75) is 6.54 Å². The van der Waals surface area contributed by atoms with Gasteiger partial charge in [-0.2, -0.15) is 0 Å². The van der Waals surface area contributed by atoms with Gasteiger partial charge in [-0.3, -0.25) is 14.9 Å². The maximum absolute atomic E-state index is 12.1. The molecule has 0 saturated heterocycles. The van der Waals surface area contributed by atoms with Crippen molar-refractivity contribution in [3.63, 3.8) is 0 Å². The van der Waals surface area contributed by atoms with Crippen LogP contribution in [0.4, 0.5) is 5.69 Å². The van der Waals surface area contributed by atoms with Gasteiger partial charge >= 0.3 is 5.69 Å². The fourth-order valence-corrected chi connectivity index (χ4v) is 2.55. The number of hydrogen-bond donors (Lipinski definition) is 1. The maximum atomic E-state index is 12.1. The monoisotopic (exact) mass is 410 g/mol. The zero-order valence-corrected chi connectivity index (χ0v) is 16.2. The number of nitro benzene ring substituents is 1. The van der Waals surface area contributed by atoms with E-state index in [4.69, 9.17) is 30.5 Å². The standard InChI is InChI=1S/C18H19ClN2O7/c1-25-15-6-11(7-16(26-2)18(15)27-3)9-20-17(22)10-28-14-5-4-12(19)8-13(14)21(23)24/h4-8H,9-10H2,1-3H3,(H,20,22). The van der Waals surface area contributed by atoms with Crippen LogP contribution in [0, 0.1) is 10.1 Å². The number of carbonyl (C=O) groups is 1. The smallest absolute Gasteiger partial charge is 0.312 e. The van der Waals surface area contributed by atoms with E-state index < -0.39 is 17.4 Å². The molecule has 0 saturated carbocycles. The summed E-state index contributed by atoms with van der Waals surface area (Å²) in [5, 5.41) is 13.9. The van der Waals surface area contributed by atoms with E-state index in [0.29, 0.717) is 22.8 Å². The molecule has 1 amide bonds. The average Bonchev–Trinajstić information content (AvgIpc) is 2.70. The van der Waals surface area contributed by atoms with Crippen LogP contribution >= 0.6 is 11.6 Å². The molecule has 9 nitrogen and oxygen atoms in total. The molecule has 0 aliphatic heterocycles. The molecular weight excluding hydrogens is 392 g/mol. The molecule has 1 N–H and O–H groups in total. The van der Waals surface area contributed by atoms with Crippen LogP contribution in [-0.2, 0) is 11.3 Å². The largest absolute Gasteiger partial charge is 0.493 e. The molecule has 28 heavy (non-hydrogen) atoms. The highest BCUT2D eigenvalue weighted by Gasteiger charge is 2.17. The van der Waals surface area contributed by atoms with Crippen molar-refractivity contribution in [2.24, 2.45) is 0 Å². The van der Waals surface area contributed by atoms with Crippen LogP contribution in [0.5, 0.6) is 23.0 Å². The van der Waals surface area contributed by atoms with Crippen LogP contribution in [-0.4, -0.2) is 38.8 Å². The fraction of sp³-hybridized carbons (Fsp3) is 0.278. The predicted octanol–water partition coefficient (Wildman–Crippen LogP) is 2.97. The second-order valence-electron chi connectivity index (χ2n) is 5.47. The molecule has 2 aromatic carbocycles. The molecule has 2 aromatic rings. The lowest BCUT2D eigenvalue weighted by Crippen LogP contribution is -2.28. The summed E-state index contributed by atoms with van der Waals surface area (Å²) in [4.78, 5) is 22.5. The van der Waals surface area contributed by atoms with Crippen molar-refractivity contribution >= 4 is 23.2 Å². The van der Waals surface area contributed by atoms with Crippen molar-refractivity contribution in [3.8, 4) is 23.0 Å². The number of benzene rings is 2. The normalized spacial score (nSPS) is 10.1. The third-order valence-corrected chi connectivity index (χ3v) is 3.93. The van der Waals surface area contributed by atoms with E-state index in [1.807, 2.05) is 0 Å². The summed E-state index contributed by atoms with van der Waals surface area (Å²) in [6, 6.07) is 7.34. The lowest BCUT2D eigenvalue weighted by Gasteiger charge is -2.14. The highest BCUT2D eigenvalue weighted by Crippen LogP contribution is 2.38. The number of ether oxygens (including phenoxy) is 4. The highest BCUT2D eigenvalue weighted by atomic mass is 35.5. The number of carbonyl (C=O) groups excluding carboxylic acids is 1. The first kappa shape index (κ1) is 21.1. The van der Waals surface area contributed by atoms with Gasteiger partial charge in [-0.05, 0) is 29.8 Å². The molecule has 0 unspecified atom stereocenters. The maximum Gasteiger partial charge on any atom is 0.312 e. The van der Waals surface area contributed by atoms with Crippen LogP contribution in [0.15, 0.2) is 30.3 Å². The van der Waals surface area contributed by atoms with Gasteiger partial charge in [0.25, 0.3) is 5.91 Å². The summed E-state index contributed by atoms with van der Waals surface area (Å²) in [5.74, 6) is 0.854. The molecule has 0 spiro atoms. The van der Waals surface area contributed by atoms with E-state index in [0.717, 1.165) is 6.07 Å². The quantitative estimate of drug-likeness (QED) is 0.500. The average molecular weight is 411 g/mol. The fourth-order valence-electron chi connectivity index (χ4n) is 2.39. The predicted molar refractivity (Wildman–Crippen MR) is 102 cm³/mol. The van der Waals surface area contributed by atoms with Gasteiger partial charge in [0, 0.05) is 17.6 Å². The third kappa shape index (κ3) is 5.17. The number of halogens is 1. The van der Waals surface area contributed by atoms with Gasteiger partial charge in [-0.25, -0.2) is 0 Å². The Morgan fingerprint density at radius 3 is 2.25 bits per heavy atom. The van der Waals surface area contributed by atoms with Crippen molar-refractivity contribution in [1.29, 1.82) is 0 Å². The molecule has 150 valence electrons. The van der Waals surface area contributed by atoms with E-state index in [-0.39, 0.29) is 23.0 Å². The Kier molecular flexibility index (Phi) is 7.28. The Morgan fingerprint density at radius 2 is 1.71 bits per heavy atom. The Labute approximate surface area is 166 Å². The minimum atomic E-state index is -0.630. The lowest BCUT2D eigenvalue weighted by molar-refractivity contribution is -0.385.